The fourth-order valence-electron chi connectivity index (χ4n) is 2.55. The number of carbonyl (C=O) groups excluding carboxylic acids is 1. The number of amides is 1. The molecule has 1 heterocycles. The Labute approximate surface area is 97.1 Å². The van der Waals surface area contributed by atoms with Crippen LogP contribution in [-0.4, -0.2) is 37.7 Å². The van der Waals surface area contributed by atoms with Gasteiger partial charge in [-0.3, -0.25) is 4.79 Å². The average molecular weight is 226 g/mol. The molecule has 0 aromatic heterocycles. The Morgan fingerprint density at radius 3 is 2.88 bits per heavy atom. The van der Waals surface area contributed by atoms with E-state index in [0.29, 0.717) is 25.2 Å². The fourth-order valence-corrected chi connectivity index (χ4v) is 2.55. The van der Waals surface area contributed by atoms with Crippen LogP contribution in [0.3, 0.4) is 0 Å². The van der Waals surface area contributed by atoms with E-state index in [-0.39, 0.29) is 11.9 Å². The zero-order valence-corrected chi connectivity index (χ0v) is 10.00. The van der Waals surface area contributed by atoms with Gasteiger partial charge in [-0.2, -0.15) is 0 Å². The Morgan fingerprint density at radius 2 is 2.19 bits per heavy atom. The molecule has 0 aromatic rings. The normalized spacial score (nSPS) is 35.7. The highest BCUT2D eigenvalue weighted by molar-refractivity contribution is 5.82. The first-order valence-electron chi connectivity index (χ1n) is 6.39. The van der Waals surface area contributed by atoms with E-state index in [4.69, 9.17) is 4.74 Å². The topological polar surface area (TPSA) is 50.4 Å². The molecule has 4 heteroatoms. The number of carbonyl (C=O) groups is 1. The first-order chi connectivity index (χ1) is 7.77. The third-order valence-corrected chi connectivity index (χ3v) is 3.68. The van der Waals surface area contributed by atoms with Crippen LogP contribution in [0.15, 0.2) is 0 Å². The molecular weight excluding hydrogens is 204 g/mol. The quantitative estimate of drug-likeness (QED) is 0.727. The van der Waals surface area contributed by atoms with Gasteiger partial charge >= 0.3 is 0 Å². The summed E-state index contributed by atoms with van der Waals surface area (Å²) >= 11 is 0. The van der Waals surface area contributed by atoms with Crippen molar-refractivity contribution in [3.8, 4) is 0 Å². The lowest BCUT2D eigenvalue weighted by Crippen LogP contribution is -2.54. The predicted octanol–water partition coefficient (Wildman–Crippen LogP) is 0.670. The molecule has 3 unspecified atom stereocenters. The van der Waals surface area contributed by atoms with E-state index in [1.54, 1.807) is 0 Å². The highest BCUT2D eigenvalue weighted by atomic mass is 16.5. The molecule has 0 bridgehead atoms. The second kappa shape index (κ2) is 5.64. The van der Waals surface area contributed by atoms with Crippen LogP contribution in [0.5, 0.6) is 0 Å². The van der Waals surface area contributed by atoms with Crippen LogP contribution < -0.4 is 10.6 Å². The van der Waals surface area contributed by atoms with Gasteiger partial charge in [-0.05, 0) is 18.8 Å². The number of morpholine rings is 1. The monoisotopic (exact) mass is 226 g/mol. The van der Waals surface area contributed by atoms with E-state index in [9.17, 15) is 4.79 Å². The van der Waals surface area contributed by atoms with E-state index in [0.717, 1.165) is 13.0 Å². The first-order valence-corrected chi connectivity index (χ1v) is 6.39. The van der Waals surface area contributed by atoms with E-state index in [1.807, 2.05) is 0 Å². The largest absolute Gasteiger partial charge is 0.378 e. The molecule has 0 radical (unpaired) electrons. The Kier molecular flexibility index (Phi) is 4.18. The molecule has 1 amide bonds. The van der Waals surface area contributed by atoms with Crippen molar-refractivity contribution in [1.29, 1.82) is 0 Å². The van der Waals surface area contributed by atoms with Gasteiger partial charge in [0, 0.05) is 12.6 Å². The molecule has 2 rings (SSSR count). The zero-order chi connectivity index (χ0) is 11.4. The standard InChI is InChI=1S/C12H22N2O2/c1-9-4-2-3-5-10(9)14-12(15)11-8-16-7-6-13-11/h9-11,13H,2-8H2,1H3,(H,14,15). The maximum absolute atomic E-state index is 12.0. The lowest BCUT2D eigenvalue weighted by molar-refractivity contribution is -0.127. The van der Waals surface area contributed by atoms with Crippen molar-refractivity contribution in [2.24, 2.45) is 5.92 Å². The smallest absolute Gasteiger partial charge is 0.239 e. The van der Waals surface area contributed by atoms with Crippen molar-refractivity contribution in [2.45, 2.75) is 44.7 Å². The van der Waals surface area contributed by atoms with E-state index in [2.05, 4.69) is 17.6 Å². The van der Waals surface area contributed by atoms with E-state index < -0.39 is 0 Å². The molecule has 92 valence electrons. The fraction of sp³-hybridized carbons (Fsp3) is 0.917. The SMILES string of the molecule is CC1CCCCC1NC(=O)C1COCCN1. The van der Waals surface area contributed by atoms with Crippen LogP contribution in [0.4, 0.5) is 0 Å². The minimum atomic E-state index is -0.150. The maximum Gasteiger partial charge on any atom is 0.239 e. The van der Waals surface area contributed by atoms with Gasteiger partial charge < -0.3 is 15.4 Å². The molecular formula is C12H22N2O2. The Bertz CT molecular complexity index is 239. The molecule has 3 atom stereocenters. The van der Waals surface area contributed by atoms with Crippen molar-refractivity contribution < 1.29 is 9.53 Å². The zero-order valence-electron chi connectivity index (χ0n) is 10.00. The summed E-state index contributed by atoms with van der Waals surface area (Å²) in [5.74, 6) is 0.723. The molecule has 2 fully saturated rings. The molecule has 16 heavy (non-hydrogen) atoms. The van der Waals surface area contributed by atoms with Gasteiger partial charge in [-0.1, -0.05) is 19.8 Å². The highest BCUT2D eigenvalue weighted by Gasteiger charge is 2.27. The lowest BCUT2D eigenvalue weighted by Gasteiger charge is -2.32. The van der Waals surface area contributed by atoms with Crippen LogP contribution in [0.2, 0.25) is 0 Å². The lowest BCUT2D eigenvalue weighted by atomic mass is 9.86. The summed E-state index contributed by atoms with van der Waals surface area (Å²) in [6, 6.07) is 0.216. The van der Waals surface area contributed by atoms with Crippen molar-refractivity contribution in [1.82, 2.24) is 10.6 Å². The minimum Gasteiger partial charge on any atom is -0.378 e. The van der Waals surface area contributed by atoms with Crippen molar-refractivity contribution >= 4 is 5.91 Å². The molecule has 1 saturated heterocycles. The second-order valence-electron chi connectivity index (χ2n) is 4.96. The number of nitrogens with one attached hydrogen (secondary N) is 2. The van der Waals surface area contributed by atoms with Crippen LogP contribution in [0.1, 0.15) is 32.6 Å². The first kappa shape index (κ1) is 11.9. The average Bonchev–Trinajstić information content (AvgIpc) is 2.33. The predicted molar refractivity (Wildman–Crippen MR) is 62.2 cm³/mol. The van der Waals surface area contributed by atoms with E-state index >= 15 is 0 Å². The van der Waals surface area contributed by atoms with Crippen molar-refractivity contribution in [3.05, 3.63) is 0 Å². The number of hydrogen-bond acceptors (Lipinski definition) is 3. The third-order valence-electron chi connectivity index (χ3n) is 3.68. The van der Waals surface area contributed by atoms with Crippen LogP contribution in [0.25, 0.3) is 0 Å². The summed E-state index contributed by atoms with van der Waals surface area (Å²) in [7, 11) is 0. The van der Waals surface area contributed by atoms with E-state index in [1.165, 1.54) is 19.3 Å². The summed E-state index contributed by atoms with van der Waals surface area (Å²) in [4.78, 5) is 12.0. The third kappa shape index (κ3) is 2.95. The number of ether oxygens (including phenoxy) is 1. The molecule has 2 aliphatic rings. The number of hydrogen-bond donors (Lipinski definition) is 2. The molecule has 1 saturated carbocycles. The van der Waals surface area contributed by atoms with Crippen molar-refractivity contribution in [2.75, 3.05) is 19.8 Å². The summed E-state index contributed by atoms with van der Waals surface area (Å²) in [6.45, 7) is 4.23. The molecule has 4 nitrogen and oxygen atoms in total. The minimum absolute atomic E-state index is 0.110. The molecule has 1 aliphatic carbocycles. The summed E-state index contributed by atoms with van der Waals surface area (Å²) in [5.41, 5.74) is 0. The van der Waals surface area contributed by atoms with Crippen LogP contribution >= 0.6 is 0 Å². The Morgan fingerprint density at radius 1 is 1.38 bits per heavy atom. The summed E-state index contributed by atoms with van der Waals surface area (Å²) < 4.78 is 5.30. The second-order valence-corrected chi connectivity index (χ2v) is 4.96. The molecule has 0 aromatic carbocycles. The maximum atomic E-state index is 12.0. The van der Waals surface area contributed by atoms with Gasteiger partial charge in [0.15, 0.2) is 0 Å². The van der Waals surface area contributed by atoms with Gasteiger partial charge in [0.1, 0.15) is 6.04 Å². The van der Waals surface area contributed by atoms with Gasteiger partial charge in [0.05, 0.1) is 13.2 Å². The van der Waals surface area contributed by atoms with Crippen LogP contribution in [0, 0.1) is 5.92 Å². The number of rotatable bonds is 2. The van der Waals surface area contributed by atoms with Crippen LogP contribution in [-0.2, 0) is 9.53 Å². The Hall–Kier alpha value is -0.610. The van der Waals surface area contributed by atoms with Gasteiger partial charge in [0.2, 0.25) is 5.91 Å². The molecule has 1 aliphatic heterocycles. The highest BCUT2D eigenvalue weighted by Crippen LogP contribution is 2.23. The summed E-state index contributed by atoms with van der Waals surface area (Å²) in [5, 5.41) is 6.34. The molecule has 0 spiro atoms. The Balaban J connectivity index is 1.80. The summed E-state index contributed by atoms with van der Waals surface area (Å²) in [6.07, 6.45) is 4.90. The van der Waals surface area contributed by atoms with Gasteiger partial charge in [-0.15, -0.1) is 0 Å². The van der Waals surface area contributed by atoms with Gasteiger partial charge in [0.25, 0.3) is 0 Å². The van der Waals surface area contributed by atoms with Gasteiger partial charge in [-0.25, -0.2) is 0 Å². The van der Waals surface area contributed by atoms with Crippen molar-refractivity contribution in [3.63, 3.8) is 0 Å². The molecule has 2 N–H and O–H groups in total.